The van der Waals surface area contributed by atoms with Crippen molar-refractivity contribution in [2.24, 2.45) is 0 Å². The Labute approximate surface area is 176 Å². The number of anilines is 3. The molecule has 0 radical (unpaired) electrons. The minimum atomic E-state index is -0.506. The van der Waals surface area contributed by atoms with Crippen LogP contribution in [-0.4, -0.2) is 30.0 Å². The number of unbranched alkanes of at least 4 members (excludes halogenated alkanes) is 2. The summed E-state index contributed by atoms with van der Waals surface area (Å²) in [7, 11) is 0. The van der Waals surface area contributed by atoms with E-state index in [4.69, 9.17) is 4.74 Å². The Kier molecular flexibility index (Phi) is 8.56. The Morgan fingerprint density at radius 1 is 0.967 bits per heavy atom. The summed E-state index contributed by atoms with van der Waals surface area (Å²) in [6.07, 6.45) is 13.6. The topological polar surface area (TPSA) is 97.4 Å². The van der Waals surface area contributed by atoms with E-state index in [1.807, 2.05) is 0 Å². The molecular weight excluding hydrogens is 382 g/mol. The maximum absolute atomic E-state index is 12.0. The van der Waals surface area contributed by atoms with Crippen LogP contribution in [0.4, 0.5) is 17.1 Å². The summed E-state index contributed by atoms with van der Waals surface area (Å²) in [6.45, 7) is 0.819. The fourth-order valence-electron chi connectivity index (χ4n) is 3.79. The highest BCUT2D eigenvalue weighted by Crippen LogP contribution is 2.21. The molecule has 0 unspecified atom stereocenters. The van der Waals surface area contributed by atoms with E-state index in [1.165, 1.54) is 25.7 Å². The van der Waals surface area contributed by atoms with Gasteiger partial charge in [0.05, 0.1) is 6.10 Å². The van der Waals surface area contributed by atoms with Crippen LogP contribution >= 0.6 is 0 Å². The number of hydrogen-bond donors (Lipinski definition) is 2. The second-order valence-corrected chi connectivity index (χ2v) is 7.97. The van der Waals surface area contributed by atoms with E-state index in [9.17, 15) is 14.4 Å². The number of rotatable bonds is 12. The van der Waals surface area contributed by atoms with Crippen molar-refractivity contribution in [2.45, 2.75) is 70.3 Å². The number of ether oxygens (including phenoxy) is 1. The lowest BCUT2D eigenvalue weighted by molar-refractivity contribution is -0.125. The molecular formula is C23H31N3O4. The smallest absolute Gasteiger partial charge is 0.253 e. The highest BCUT2D eigenvalue weighted by Gasteiger charge is 2.20. The van der Waals surface area contributed by atoms with Crippen LogP contribution in [-0.2, 0) is 9.53 Å². The van der Waals surface area contributed by atoms with Crippen LogP contribution in [0.3, 0.4) is 0 Å². The van der Waals surface area contributed by atoms with Crippen LogP contribution in [0.15, 0.2) is 34.1 Å². The third-order valence-electron chi connectivity index (χ3n) is 5.58. The molecule has 30 heavy (non-hydrogen) atoms. The second-order valence-electron chi connectivity index (χ2n) is 7.97. The average Bonchev–Trinajstić information content (AvgIpc) is 3.05. The molecule has 1 aliphatic carbocycles. The molecule has 1 aromatic carbocycles. The van der Waals surface area contributed by atoms with Gasteiger partial charge in [-0.1, -0.05) is 32.1 Å². The summed E-state index contributed by atoms with van der Waals surface area (Å²) >= 11 is 0. The van der Waals surface area contributed by atoms with Gasteiger partial charge in [0.15, 0.2) is 5.78 Å². The molecule has 0 spiro atoms. The van der Waals surface area contributed by atoms with Gasteiger partial charge in [0, 0.05) is 31.0 Å². The van der Waals surface area contributed by atoms with Crippen LogP contribution in [0, 0.1) is 0 Å². The number of hydrogen-bond acceptors (Lipinski definition) is 7. The second kappa shape index (κ2) is 11.6. The molecule has 7 nitrogen and oxygen atoms in total. The number of carbonyl (C=O) groups excluding carboxylic acids is 1. The third-order valence-corrected chi connectivity index (χ3v) is 5.58. The predicted molar refractivity (Wildman–Crippen MR) is 118 cm³/mol. The van der Waals surface area contributed by atoms with Crippen LogP contribution in [0.1, 0.15) is 64.2 Å². The van der Waals surface area contributed by atoms with Gasteiger partial charge >= 0.3 is 0 Å². The molecule has 2 N–H and O–H groups in total. The van der Waals surface area contributed by atoms with Crippen molar-refractivity contribution >= 4 is 22.8 Å². The summed E-state index contributed by atoms with van der Waals surface area (Å²) in [5.41, 5.74) is 0.359. The minimum Gasteiger partial charge on any atom is -0.380 e. The molecule has 2 aromatic rings. The molecule has 0 aliphatic heterocycles. The lowest BCUT2D eigenvalue weighted by atomic mass is 10.1. The normalized spacial score (nSPS) is 15.1. The van der Waals surface area contributed by atoms with Crippen LogP contribution in [0.25, 0.3) is 0 Å². The number of aromatic nitrogens is 1. The Morgan fingerprint density at radius 2 is 1.67 bits per heavy atom. The van der Waals surface area contributed by atoms with Crippen molar-refractivity contribution in [2.75, 3.05) is 23.8 Å². The highest BCUT2D eigenvalue weighted by atomic mass is 16.5. The van der Waals surface area contributed by atoms with Crippen LogP contribution in [0.2, 0.25) is 0 Å². The van der Waals surface area contributed by atoms with Crippen LogP contribution < -0.4 is 21.5 Å². The van der Waals surface area contributed by atoms with E-state index < -0.39 is 10.9 Å². The number of pyridine rings is 1. The molecule has 0 atom stereocenters. The van der Waals surface area contributed by atoms with Gasteiger partial charge in [-0.15, -0.1) is 0 Å². The van der Waals surface area contributed by atoms with E-state index in [-0.39, 0.29) is 18.5 Å². The first-order valence-corrected chi connectivity index (χ1v) is 11.0. The molecule has 1 aliphatic rings. The number of nitrogens with zero attached hydrogens (tertiary/aromatic N) is 1. The first-order chi connectivity index (χ1) is 14.6. The molecule has 1 aromatic heterocycles. The van der Waals surface area contributed by atoms with Gasteiger partial charge in [0.25, 0.3) is 10.9 Å². The summed E-state index contributed by atoms with van der Waals surface area (Å²) in [5.74, 6) is 0.165. The molecule has 1 fully saturated rings. The van der Waals surface area contributed by atoms with Crippen molar-refractivity contribution in [1.29, 1.82) is 0 Å². The van der Waals surface area contributed by atoms with Crippen molar-refractivity contribution in [3.8, 4) is 0 Å². The van der Waals surface area contributed by atoms with Gasteiger partial charge in [-0.2, -0.15) is 0 Å². The zero-order valence-corrected chi connectivity index (χ0v) is 17.5. The largest absolute Gasteiger partial charge is 0.380 e. The third kappa shape index (κ3) is 6.49. The Morgan fingerprint density at radius 3 is 2.40 bits per heavy atom. The standard InChI is InChI=1S/C23H31N3O4/c27-18(16-30-19-9-5-1-2-6-10-19)8-4-3-7-13-25-20-21(23(29)22(20)28)26-17-11-14-24-15-12-17/h11-12,14-15,19,25H,1-10,13,16H2,(H,24,26). The highest BCUT2D eigenvalue weighted by molar-refractivity contribution is 5.79. The quantitative estimate of drug-likeness (QED) is 0.311. The van der Waals surface area contributed by atoms with E-state index in [2.05, 4.69) is 15.6 Å². The molecule has 7 heteroatoms. The minimum absolute atomic E-state index is 0.165. The number of carbonyl (C=O) groups is 1. The number of Topliss-reactive ketones (excluding diaryl/α,β-unsaturated/α-hetero) is 1. The van der Waals surface area contributed by atoms with Crippen molar-refractivity contribution in [1.82, 2.24) is 4.98 Å². The zero-order valence-electron chi connectivity index (χ0n) is 17.5. The van der Waals surface area contributed by atoms with Gasteiger partial charge in [0.2, 0.25) is 0 Å². The number of ketones is 1. The van der Waals surface area contributed by atoms with Crippen molar-refractivity contribution in [3.63, 3.8) is 0 Å². The van der Waals surface area contributed by atoms with Gasteiger partial charge in [-0.3, -0.25) is 19.4 Å². The monoisotopic (exact) mass is 413 g/mol. The molecule has 0 bridgehead atoms. The fourth-order valence-corrected chi connectivity index (χ4v) is 3.79. The molecule has 1 heterocycles. The first kappa shape index (κ1) is 22.2. The van der Waals surface area contributed by atoms with Crippen molar-refractivity contribution < 1.29 is 9.53 Å². The molecule has 3 rings (SSSR count). The van der Waals surface area contributed by atoms with E-state index in [0.717, 1.165) is 32.1 Å². The lowest BCUT2D eigenvalue weighted by Gasteiger charge is -2.15. The molecule has 1 saturated carbocycles. The van der Waals surface area contributed by atoms with Gasteiger partial charge < -0.3 is 15.4 Å². The van der Waals surface area contributed by atoms with Gasteiger partial charge in [-0.05, 0) is 37.8 Å². The molecule has 0 saturated heterocycles. The van der Waals surface area contributed by atoms with Gasteiger partial charge in [0.1, 0.15) is 18.0 Å². The number of nitrogens with one attached hydrogen (secondary N) is 2. The van der Waals surface area contributed by atoms with Gasteiger partial charge in [-0.25, -0.2) is 0 Å². The lowest BCUT2D eigenvalue weighted by Crippen LogP contribution is -2.36. The summed E-state index contributed by atoms with van der Waals surface area (Å²) in [5, 5.41) is 6.02. The molecule has 162 valence electrons. The Bertz CT molecular complexity index is 866. The maximum Gasteiger partial charge on any atom is 0.253 e. The predicted octanol–water partition coefficient (Wildman–Crippen LogP) is 3.70. The van der Waals surface area contributed by atoms with E-state index in [1.54, 1.807) is 24.5 Å². The summed E-state index contributed by atoms with van der Waals surface area (Å²) < 4.78 is 5.79. The van der Waals surface area contributed by atoms with Crippen molar-refractivity contribution in [3.05, 3.63) is 45.0 Å². The van der Waals surface area contributed by atoms with E-state index >= 15 is 0 Å². The average molecular weight is 414 g/mol. The van der Waals surface area contributed by atoms with Crippen LogP contribution in [0.5, 0.6) is 0 Å². The summed E-state index contributed by atoms with van der Waals surface area (Å²) in [6, 6.07) is 3.47. The molecule has 0 amide bonds. The SMILES string of the molecule is O=C(CCCCCNc1c(Nc2ccncc2)c(=O)c1=O)COC1CCCCCC1. The summed E-state index contributed by atoms with van der Waals surface area (Å²) in [4.78, 5) is 39.6. The first-order valence-electron chi connectivity index (χ1n) is 11.0. The Balaban J connectivity index is 1.29. The maximum atomic E-state index is 12.0. The Hall–Kier alpha value is -2.54. The fraction of sp³-hybridized carbons (Fsp3) is 0.565. The zero-order chi connectivity index (χ0) is 21.2. The van der Waals surface area contributed by atoms with E-state index in [0.29, 0.717) is 30.0 Å².